The van der Waals surface area contributed by atoms with E-state index in [-0.39, 0.29) is 17.7 Å². The third-order valence-corrected chi connectivity index (χ3v) is 8.49. The average molecular weight is 508 g/mol. The third kappa shape index (κ3) is 4.59. The lowest BCUT2D eigenvalue weighted by Crippen LogP contribution is -2.58. The maximum Gasteiger partial charge on any atom is 0.303 e. The van der Waals surface area contributed by atoms with Crippen molar-refractivity contribution in [2.24, 2.45) is 23.2 Å². The summed E-state index contributed by atoms with van der Waals surface area (Å²) < 4.78 is 5.82. The van der Waals surface area contributed by atoms with Gasteiger partial charge in [-0.1, -0.05) is 55.0 Å². The number of benzene rings is 1. The summed E-state index contributed by atoms with van der Waals surface area (Å²) in [5, 5.41) is 25.7. The van der Waals surface area contributed by atoms with Crippen molar-refractivity contribution in [1.82, 2.24) is 5.32 Å². The zero-order valence-electron chi connectivity index (χ0n) is 22.1. The molecule has 1 amide bonds. The molecule has 1 aliphatic heterocycles. The number of hydrogen-bond acceptors (Lipinski definition) is 6. The fourth-order valence-corrected chi connectivity index (χ4v) is 6.54. The Hall–Kier alpha value is -3.03. The number of allylic oxidation sites excluding steroid dienone is 1. The van der Waals surface area contributed by atoms with Gasteiger partial charge in [0.05, 0.1) is 6.10 Å². The zero-order chi connectivity index (χ0) is 27.1. The molecule has 4 rings (SSSR count). The number of nitrogens with one attached hydrogen (secondary N) is 1. The fourth-order valence-electron chi connectivity index (χ4n) is 6.54. The van der Waals surface area contributed by atoms with Crippen molar-refractivity contribution >= 4 is 17.7 Å². The van der Waals surface area contributed by atoms with E-state index in [0.717, 1.165) is 16.7 Å². The van der Waals surface area contributed by atoms with Gasteiger partial charge in [-0.3, -0.25) is 14.4 Å². The Morgan fingerprint density at radius 3 is 2.46 bits per heavy atom. The molecule has 1 fully saturated rings. The highest BCUT2D eigenvalue weighted by atomic mass is 16.5. The SMILES string of the molecule is CC(=O)O[C@@H]1C=C[C@@](C)(O)C(=O)[C@H](C)C/C=C/[C@H]2[C@H](O)C(C)=C(C)C3[C@H](Cc4ccccc4)NC(=O)[C@@]312. The van der Waals surface area contributed by atoms with Crippen LogP contribution in [0, 0.1) is 23.2 Å². The number of amides is 1. The first-order valence-electron chi connectivity index (χ1n) is 12.9. The number of ether oxygens (including phenoxy) is 1. The number of rotatable bonds is 3. The topological polar surface area (TPSA) is 113 Å². The molecule has 1 aromatic carbocycles. The number of Topliss-reactive ketones (excluding diaryl/α,β-unsaturated/α-hetero) is 1. The van der Waals surface area contributed by atoms with E-state index in [1.54, 1.807) is 19.1 Å². The standard InChI is InChI=1S/C30H37NO6/c1-17-10-9-13-22-26(33)19(3)18(2)25-23(16-21-11-7-6-8-12-21)31-28(35)30(22,25)24(37-20(4)32)14-15-29(5,36)27(17)34/h6-9,11-15,17,22-26,33,36H,10,16H2,1-5H3,(H,31,35)/b13-9+,15-14?/t17-,22+,23+,24-,25?,26-,29-,30-/m1/s1. The second-order valence-electron chi connectivity index (χ2n) is 11.0. The van der Waals surface area contributed by atoms with Crippen LogP contribution >= 0.6 is 0 Å². The van der Waals surface area contributed by atoms with Crippen molar-refractivity contribution < 1.29 is 29.3 Å². The van der Waals surface area contributed by atoms with Crippen LogP contribution < -0.4 is 5.32 Å². The highest BCUT2D eigenvalue weighted by Crippen LogP contribution is 2.57. The minimum atomic E-state index is -1.82. The summed E-state index contributed by atoms with van der Waals surface area (Å²) >= 11 is 0. The van der Waals surface area contributed by atoms with Crippen molar-refractivity contribution in [3.63, 3.8) is 0 Å². The van der Waals surface area contributed by atoms with Crippen molar-refractivity contribution in [3.8, 4) is 0 Å². The highest BCUT2D eigenvalue weighted by Gasteiger charge is 2.67. The molecule has 1 saturated heterocycles. The predicted octanol–water partition coefficient (Wildman–Crippen LogP) is 3.06. The number of aliphatic hydroxyl groups excluding tert-OH is 1. The molecule has 1 spiro atoms. The maximum absolute atomic E-state index is 14.2. The molecule has 1 unspecified atom stereocenters. The van der Waals surface area contributed by atoms with Gasteiger partial charge in [0.15, 0.2) is 5.78 Å². The van der Waals surface area contributed by atoms with E-state index in [2.05, 4.69) is 5.32 Å². The smallest absolute Gasteiger partial charge is 0.303 e. The summed E-state index contributed by atoms with van der Waals surface area (Å²) in [5.41, 5.74) is -0.500. The van der Waals surface area contributed by atoms with Crippen molar-refractivity contribution in [3.05, 3.63) is 71.3 Å². The molecular weight excluding hydrogens is 470 g/mol. The number of ketones is 1. The Balaban J connectivity index is 1.96. The molecule has 2 aliphatic carbocycles. The molecule has 1 heterocycles. The Morgan fingerprint density at radius 1 is 1.14 bits per heavy atom. The summed E-state index contributed by atoms with van der Waals surface area (Å²) in [5.74, 6) is -2.92. The Labute approximate surface area is 218 Å². The summed E-state index contributed by atoms with van der Waals surface area (Å²) in [4.78, 5) is 39.5. The van der Waals surface area contributed by atoms with Gasteiger partial charge in [0.1, 0.15) is 17.1 Å². The van der Waals surface area contributed by atoms with Crippen LogP contribution in [0.25, 0.3) is 0 Å². The molecule has 7 heteroatoms. The van der Waals surface area contributed by atoms with E-state index in [4.69, 9.17) is 4.74 Å². The van der Waals surface area contributed by atoms with Gasteiger partial charge in [0, 0.05) is 30.7 Å². The molecule has 0 radical (unpaired) electrons. The summed E-state index contributed by atoms with van der Waals surface area (Å²) in [6.45, 7) is 8.20. The average Bonchev–Trinajstić information content (AvgIpc) is 3.13. The number of hydrogen-bond donors (Lipinski definition) is 3. The van der Waals surface area contributed by atoms with E-state index in [0.29, 0.717) is 12.8 Å². The molecule has 198 valence electrons. The quantitative estimate of drug-likeness (QED) is 0.428. The predicted molar refractivity (Wildman–Crippen MR) is 139 cm³/mol. The van der Waals surface area contributed by atoms with Gasteiger partial charge >= 0.3 is 5.97 Å². The van der Waals surface area contributed by atoms with Crippen LogP contribution in [0.3, 0.4) is 0 Å². The second-order valence-corrected chi connectivity index (χ2v) is 11.0. The molecule has 0 saturated carbocycles. The van der Waals surface area contributed by atoms with Gasteiger partial charge in [0.2, 0.25) is 5.91 Å². The summed E-state index contributed by atoms with van der Waals surface area (Å²) in [6, 6.07) is 9.52. The molecule has 37 heavy (non-hydrogen) atoms. The Bertz CT molecular complexity index is 1170. The van der Waals surface area contributed by atoms with Crippen LogP contribution in [-0.4, -0.2) is 51.7 Å². The second kappa shape index (κ2) is 10.0. The largest absolute Gasteiger partial charge is 0.457 e. The van der Waals surface area contributed by atoms with E-state index in [1.165, 1.54) is 26.0 Å². The molecular formula is C30H37NO6. The lowest BCUT2D eigenvalue weighted by molar-refractivity contribution is -0.161. The minimum absolute atomic E-state index is 0.314. The van der Waals surface area contributed by atoms with Gasteiger partial charge in [0.25, 0.3) is 0 Å². The molecule has 0 bridgehead atoms. The van der Waals surface area contributed by atoms with Gasteiger partial charge in [-0.15, -0.1) is 0 Å². The van der Waals surface area contributed by atoms with Crippen LogP contribution in [0.2, 0.25) is 0 Å². The van der Waals surface area contributed by atoms with Gasteiger partial charge < -0.3 is 20.3 Å². The molecule has 3 aliphatic rings. The molecule has 0 aromatic heterocycles. The van der Waals surface area contributed by atoms with Crippen LogP contribution in [0.5, 0.6) is 0 Å². The monoisotopic (exact) mass is 507 g/mol. The molecule has 3 N–H and O–H groups in total. The fraction of sp³-hybridized carbons (Fsp3) is 0.500. The van der Waals surface area contributed by atoms with Crippen LogP contribution in [0.1, 0.15) is 46.6 Å². The van der Waals surface area contributed by atoms with Crippen molar-refractivity contribution in [2.75, 3.05) is 0 Å². The minimum Gasteiger partial charge on any atom is -0.457 e. The van der Waals surface area contributed by atoms with E-state index in [1.807, 2.05) is 44.2 Å². The number of esters is 1. The Kier molecular flexibility index (Phi) is 7.32. The third-order valence-electron chi connectivity index (χ3n) is 8.49. The van der Waals surface area contributed by atoms with E-state index in [9.17, 15) is 24.6 Å². The lowest BCUT2D eigenvalue weighted by Gasteiger charge is -2.49. The first-order chi connectivity index (χ1) is 17.4. The van der Waals surface area contributed by atoms with Crippen molar-refractivity contribution in [1.29, 1.82) is 0 Å². The number of carbonyl (C=O) groups is 3. The first kappa shape index (κ1) is 27.0. The lowest BCUT2D eigenvalue weighted by atomic mass is 9.54. The van der Waals surface area contributed by atoms with Crippen LogP contribution in [-0.2, 0) is 25.5 Å². The number of aliphatic hydroxyl groups is 2. The van der Waals surface area contributed by atoms with Crippen molar-refractivity contribution in [2.45, 2.75) is 71.3 Å². The summed E-state index contributed by atoms with van der Waals surface area (Å²) in [7, 11) is 0. The van der Waals surface area contributed by atoms with E-state index < -0.39 is 46.9 Å². The molecule has 7 nitrogen and oxygen atoms in total. The summed E-state index contributed by atoms with van der Waals surface area (Å²) in [6.07, 6.45) is 5.17. The van der Waals surface area contributed by atoms with Gasteiger partial charge in [-0.25, -0.2) is 0 Å². The Morgan fingerprint density at radius 2 is 1.81 bits per heavy atom. The first-order valence-corrected chi connectivity index (χ1v) is 12.9. The maximum atomic E-state index is 14.2. The van der Waals surface area contributed by atoms with Crippen LogP contribution in [0.4, 0.5) is 0 Å². The highest BCUT2D eigenvalue weighted by molar-refractivity contribution is 5.91. The van der Waals surface area contributed by atoms with E-state index >= 15 is 0 Å². The van der Waals surface area contributed by atoms with Crippen LogP contribution in [0.15, 0.2) is 65.8 Å². The molecule has 8 atom stereocenters. The van der Waals surface area contributed by atoms with Gasteiger partial charge in [-0.05, 0) is 56.9 Å². The zero-order valence-corrected chi connectivity index (χ0v) is 22.1. The number of carbonyl (C=O) groups excluding carboxylic acids is 3. The normalized spacial score (nSPS) is 38.8. The molecule has 1 aromatic rings. The van der Waals surface area contributed by atoms with Gasteiger partial charge in [-0.2, -0.15) is 0 Å².